The monoisotopic (exact) mass is 372 g/mol. The van der Waals surface area contributed by atoms with E-state index in [-0.39, 0.29) is 6.54 Å². The molecule has 0 spiro atoms. The number of benzene rings is 2. The van der Waals surface area contributed by atoms with E-state index in [4.69, 9.17) is 9.84 Å². The molecule has 2 aromatic carbocycles. The summed E-state index contributed by atoms with van der Waals surface area (Å²) in [5.74, 6) is -0.618. The second kappa shape index (κ2) is 9.93. The lowest BCUT2D eigenvalue weighted by molar-refractivity contribution is -0.146. The first-order valence-electron chi connectivity index (χ1n) is 8.12. The Labute approximate surface area is 156 Å². The van der Waals surface area contributed by atoms with Crippen molar-refractivity contribution in [2.45, 2.75) is 6.04 Å². The SMILES string of the molecule is COC(=O)[C@@H](CO)NC(=O)CNC(=O)c1ccc(Oc2ccccc2)cc1. The zero-order valence-electron chi connectivity index (χ0n) is 14.7. The zero-order chi connectivity index (χ0) is 19.6. The number of carbonyl (C=O) groups is 3. The summed E-state index contributed by atoms with van der Waals surface area (Å²) in [6.45, 7) is -0.955. The molecule has 3 N–H and O–H groups in total. The Kier molecular flexibility index (Phi) is 7.33. The molecule has 1 atom stereocenters. The summed E-state index contributed by atoms with van der Waals surface area (Å²) in [6.07, 6.45) is 0. The van der Waals surface area contributed by atoms with Gasteiger partial charge in [0.1, 0.15) is 11.5 Å². The number of para-hydroxylation sites is 1. The first kappa shape index (κ1) is 19.9. The third-order valence-electron chi connectivity index (χ3n) is 3.51. The largest absolute Gasteiger partial charge is 0.467 e. The first-order valence-corrected chi connectivity index (χ1v) is 8.12. The van der Waals surface area contributed by atoms with Crippen LogP contribution in [0, 0.1) is 0 Å². The smallest absolute Gasteiger partial charge is 0.330 e. The van der Waals surface area contributed by atoms with Gasteiger partial charge in [-0.15, -0.1) is 0 Å². The summed E-state index contributed by atoms with van der Waals surface area (Å²) < 4.78 is 10.1. The van der Waals surface area contributed by atoms with E-state index in [0.717, 1.165) is 7.11 Å². The van der Waals surface area contributed by atoms with Gasteiger partial charge in [0.05, 0.1) is 20.3 Å². The number of nitrogens with one attached hydrogen (secondary N) is 2. The van der Waals surface area contributed by atoms with Crippen molar-refractivity contribution >= 4 is 17.8 Å². The van der Waals surface area contributed by atoms with Crippen LogP contribution in [0.4, 0.5) is 0 Å². The van der Waals surface area contributed by atoms with Crippen molar-refractivity contribution < 1.29 is 29.0 Å². The number of hydrogen-bond donors (Lipinski definition) is 3. The molecule has 0 saturated heterocycles. The first-order chi connectivity index (χ1) is 13.0. The van der Waals surface area contributed by atoms with Crippen LogP contribution in [0.3, 0.4) is 0 Å². The minimum absolute atomic E-state index is 0.342. The van der Waals surface area contributed by atoms with Gasteiger partial charge in [-0.1, -0.05) is 18.2 Å². The van der Waals surface area contributed by atoms with Crippen LogP contribution < -0.4 is 15.4 Å². The summed E-state index contributed by atoms with van der Waals surface area (Å²) in [5.41, 5.74) is 0.342. The number of methoxy groups -OCH3 is 1. The lowest BCUT2D eigenvalue weighted by atomic mass is 10.2. The lowest BCUT2D eigenvalue weighted by Gasteiger charge is -2.14. The van der Waals surface area contributed by atoms with Crippen LogP contribution in [0.25, 0.3) is 0 Å². The molecule has 0 heterocycles. The third kappa shape index (κ3) is 6.12. The molecule has 2 amide bonds. The topological polar surface area (TPSA) is 114 Å². The summed E-state index contributed by atoms with van der Waals surface area (Å²) in [7, 11) is 1.14. The number of amides is 2. The highest BCUT2D eigenvalue weighted by atomic mass is 16.5. The lowest BCUT2D eigenvalue weighted by Crippen LogP contribution is -2.47. The van der Waals surface area contributed by atoms with Gasteiger partial charge in [-0.05, 0) is 36.4 Å². The van der Waals surface area contributed by atoms with Crippen molar-refractivity contribution in [3.63, 3.8) is 0 Å². The van der Waals surface area contributed by atoms with Crippen LogP contribution >= 0.6 is 0 Å². The second-order valence-corrected chi connectivity index (χ2v) is 5.45. The van der Waals surface area contributed by atoms with Gasteiger partial charge < -0.3 is 25.2 Å². The number of carbonyl (C=O) groups excluding carboxylic acids is 3. The van der Waals surface area contributed by atoms with Crippen molar-refractivity contribution in [3.8, 4) is 11.5 Å². The van der Waals surface area contributed by atoms with Crippen molar-refractivity contribution in [3.05, 3.63) is 60.2 Å². The van der Waals surface area contributed by atoms with Gasteiger partial charge in [-0.25, -0.2) is 4.79 Å². The Bertz CT molecular complexity index is 777. The van der Waals surface area contributed by atoms with E-state index >= 15 is 0 Å². The van der Waals surface area contributed by atoms with E-state index < -0.39 is 30.4 Å². The number of ether oxygens (including phenoxy) is 2. The average Bonchev–Trinajstić information content (AvgIpc) is 2.71. The molecule has 0 saturated carbocycles. The maximum Gasteiger partial charge on any atom is 0.330 e. The number of aliphatic hydroxyl groups excluding tert-OH is 1. The maximum atomic E-state index is 12.1. The van der Waals surface area contributed by atoms with Crippen molar-refractivity contribution in [1.82, 2.24) is 10.6 Å². The van der Waals surface area contributed by atoms with Crippen LogP contribution in [0.5, 0.6) is 11.5 Å². The molecule has 0 aliphatic rings. The van der Waals surface area contributed by atoms with Crippen LogP contribution in [0.2, 0.25) is 0 Å². The molecule has 142 valence electrons. The van der Waals surface area contributed by atoms with Crippen molar-refractivity contribution in [2.75, 3.05) is 20.3 Å². The van der Waals surface area contributed by atoms with Gasteiger partial charge in [0.15, 0.2) is 6.04 Å². The van der Waals surface area contributed by atoms with Gasteiger partial charge in [-0.2, -0.15) is 0 Å². The van der Waals surface area contributed by atoms with E-state index in [1.807, 2.05) is 30.3 Å². The molecule has 2 aromatic rings. The van der Waals surface area contributed by atoms with E-state index in [2.05, 4.69) is 15.4 Å². The van der Waals surface area contributed by atoms with Crippen LogP contribution in [0.1, 0.15) is 10.4 Å². The Morgan fingerprint density at radius 1 is 1.00 bits per heavy atom. The number of aliphatic hydroxyl groups is 1. The van der Waals surface area contributed by atoms with Gasteiger partial charge in [0, 0.05) is 5.56 Å². The minimum atomic E-state index is -1.17. The van der Waals surface area contributed by atoms with E-state index in [0.29, 0.717) is 17.1 Å². The Hall–Kier alpha value is -3.39. The molecule has 0 aliphatic heterocycles. The third-order valence-corrected chi connectivity index (χ3v) is 3.51. The quantitative estimate of drug-likeness (QED) is 0.592. The molecular weight excluding hydrogens is 352 g/mol. The molecule has 2 rings (SSSR count). The van der Waals surface area contributed by atoms with Gasteiger partial charge >= 0.3 is 5.97 Å². The fourth-order valence-electron chi connectivity index (χ4n) is 2.13. The predicted molar refractivity (Wildman–Crippen MR) is 96.3 cm³/mol. The standard InChI is InChI=1S/C19H20N2O6/c1-26-19(25)16(12-22)21-17(23)11-20-18(24)13-7-9-15(10-8-13)27-14-5-3-2-4-6-14/h2-10,16,22H,11-12H2,1H3,(H,20,24)(H,21,23)/t16-/m1/s1. The van der Waals surface area contributed by atoms with Gasteiger partial charge in [-0.3, -0.25) is 9.59 Å². The highest BCUT2D eigenvalue weighted by molar-refractivity contribution is 5.97. The molecular formula is C19H20N2O6. The average molecular weight is 372 g/mol. The minimum Gasteiger partial charge on any atom is -0.467 e. The summed E-state index contributed by atoms with van der Waals surface area (Å²) in [5, 5.41) is 13.7. The van der Waals surface area contributed by atoms with Crippen LogP contribution in [0.15, 0.2) is 54.6 Å². The fraction of sp³-hybridized carbons (Fsp3) is 0.211. The Balaban J connectivity index is 1.85. The summed E-state index contributed by atoms with van der Waals surface area (Å²) in [6, 6.07) is 14.4. The molecule has 0 bridgehead atoms. The Morgan fingerprint density at radius 2 is 1.63 bits per heavy atom. The maximum absolute atomic E-state index is 12.1. The van der Waals surface area contributed by atoms with E-state index in [9.17, 15) is 14.4 Å². The van der Waals surface area contributed by atoms with Gasteiger partial charge in [0.25, 0.3) is 5.91 Å². The Morgan fingerprint density at radius 3 is 2.22 bits per heavy atom. The zero-order valence-corrected chi connectivity index (χ0v) is 14.7. The predicted octanol–water partition coefficient (Wildman–Crippen LogP) is 0.859. The number of rotatable bonds is 8. The normalized spacial score (nSPS) is 11.2. The molecule has 0 radical (unpaired) electrons. The molecule has 8 nitrogen and oxygen atoms in total. The van der Waals surface area contributed by atoms with Crippen LogP contribution in [-0.4, -0.2) is 49.2 Å². The van der Waals surface area contributed by atoms with Gasteiger partial charge in [0.2, 0.25) is 5.91 Å². The number of hydrogen-bond acceptors (Lipinski definition) is 6. The molecule has 0 aliphatic carbocycles. The van der Waals surface area contributed by atoms with E-state index in [1.54, 1.807) is 24.3 Å². The molecule has 8 heteroatoms. The highest BCUT2D eigenvalue weighted by Crippen LogP contribution is 2.21. The number of esters is 1. The van der Waals surface area contributed by atoms with Crippen LogP contribution in [-0.2, 0) is 14.3 Å². The molecule has 0 fully saturated rings. The van der Waals surface area contributed by atoms with Crippen molar-refractivity contribution in [2.24, 2.45) is 0 Å². The fourth-order valence-corrected chi connectivity index (χ4v) is 2.13. The summed E-state index contributed by atoms with van der Waals surface area (Å²) >= 11 is 0. The van der Waals surface area contributed by atoms with E-state index in [1.165, 1.54) is 0 Å². The second-order valence-electron chi connectivity index (χ2n) is 5.45. The molecule has 0 aromatic heterocycles. The summed E-state index contributed by atoms with van der Waals surface area (Å²) in [4.78, 5) is 35.2. The molecule has 0 unspecified atom stereocenters. The highest BCUT2D eigenvalue weighted by Gasteiger charge is 2.20. The van der Waals surface area contributed by atoms with Crippen molar-refractivity contribution in [1.29, 1.82) is 0 Å². The molecule has 27 heavy (non-hydrogen) atoms.